The number of likely N-dealkylation sites (tertiary alicyclic amines) is 1. The molecule has 3 rings (SSSR count). The van der Waals surface area contributed by atoms with Crippen molar-refractivity contribution in [1.29, 1.82) is 0 Å². The first-order valence-electron chi connectivity index (χ1n) is 10.7. The third-order valence-electron chi connectivity index (χ3n) is 5.84. The van der Waals surface area contributed by atoms with Crippen molar-refractivity contribution in [2.75, 3.05) is 33.9 Å². The van der Waals surface area contributed by atoms with Crippen molar-refractivity contribution in [3.63, 3.8) is 0 Å². The molecule has 1 aliphatic rings. The van der Waals surface area contributed by atoms with Gasteiger partial charge in [0.1, 0.15) is 11.5 Å². The quantitative estimate of drug-likeness (QED) is 0.737. The molecule has 0 aromatic heterocycles. The van der Waals surface area contributed by atoms with E-state index in [2.05, 4.69) is 19.2 Å². The van der Waals surface area contributed by atoms with Gasteiger partial charge >= 0.3 is 0 Å². The second-order valence-electron chi connectivity index (χ2n) is 8.48. The normalized spacial score (nSPS) is 18.2. The topological polar surface area (TPSA) is 67.9 Å². The van der Waals surface area contributed by atoms with E-state index in [1.54, 1.807) is 19.1 Å². The SMILES string of the molecule is COc1ccc([C@H]2CN(C(=O)c3ccccc3C)C[C@@H]2C(=O)NCC(C)C)c(OC)c1. The number of nitrogens with one attached hydrogen (secondary N) is 1. The highest BCUT2D eigenvalue weighted by Crippen LogP contribution is 2.39. The van der Waals surface area contributed by atoms with Gasteiger partial charge < -0.3 is 19.7 Å². The summed E-state index contributed by atoms with van der Waals surface area (Å²) in [7, 11) is 3.21. The lowest BCUT2D eigenvalue weighted by Gasteiger charge is -2.21. The van der Waals surface area contributed by atoms with E-state index in [0.29, 0.717) is 42.6 Å². The molecule has 2 aromatic rings. The molecule has 1 heterocycles. The van der Waals surface area contributed by atoms with Crippen molar-refractivity contribution in [2.24, 2.45) is 11.8 Å². The van der Waals surface area contributed by atoms with Crippen LogP contribution >= 0.6 is 0 Å². The number of hydrogen-bond acceptors (Lipinski definition) is 4. The predicted octanol–water partition coefficient (Wildman–Crippen LogP) is 3.64. The summed E-state index contributed by atoms with van der Waals surface area (Å²) in [4.78, 5) is 28.2. The molecule has 6 nitrogen and oxygen atoms in total. The Morgan fingerprint density at radius 2 is 1.84 bits per heavy atom. The van der Waals surface area contributed by atoms with Gasteiger partial charge in [-0.1, -0.05) is 38.1 Å². The van der Waals surface area contributed by atoms with E-state index in [-0.39, 0.29) is 23.7 Å². The summed E-state index contributed by atoms with van der Waals surface area (Å²) in [6, 6.07) is 13.2. The van der Waals surface area contributed by atoms with Gasteiger partial charge in [0.15, 0.2) is 0 Å². The van der Waals surface area contributed by atoms with Crippen molar-refractivity contribution in [3.8, 4) is 11.5 Å². The molecule has 6 heteroatoms. The summed E-state index contributed by atoms with van der Waals surface area (Å²) >= 11 is 0. The molecule has 166 valence electrons. The highest BCUT2D eigenvalue weighted by Gasteiger charge is 2.42. The van der Waals surface area contributed by atoms with Crippen LogP contribution in [0.5, 0.6) is 11.5 Å². The third-order valence-corrected chi connectivity index (χ3v) is 5.84. The van der Waals surface area contributed by atoms with Gasteiger partial charge in [-0.15, -0.1) is 0 Å². The zero-order valence-electron chi connectivity index (χ0n) is 19.0. The van der Waals surface area contributed by atoms with Gasteiger partial charge in [0.05, 0.1) is 20.1 Å². The van der Waals surface area contributed by atoms with Gasteiger partial charge in [0.2, 0.25) is 5.91 Å². The zero-order valence-corrected chi connectivity index (χ0v) is 19.0. The molecule has 2 aromatic carbocycles. The molecule has 1 N–H and O–H groups in total. The molecule has 0 bridgehead atoms. The second-order valence-corrected chi connectivity index (χ2v) is 8.48. The highest BCUT2D eigenvalue weighted by atomic mass is 16.5. The molecule has 0 spiro atoms. The molecule has 1 fully saturated rings. The van der Waals surface area contributed by atoms with E-state index < -0.39 is 0 Å². The van der Waals surface area contributed by atoms with E-state index in [4.69, 9.17) is 9.47 Å². The summed E-state index contributed by atoms with van der Waals surface area (Å²) in [5.74, 6) is 1.11. The molecular weight excluding hydrogens is 392 g/mol. The largest absolute Gasteiger partial charge is 0.497 e. The fourth-order valence-corrected chi connectivity index (χ4v) is 4.09. The fraction of sp³-hybridized carbons (Fsp3) is 0.440. The van der Waals surface area contributed by atoms with Crippen LogP contribution in [0, 0.1) is 18.8 Å². The van der Waals surface area contributed by atoms with E-state index >= 15 is 0 Å². The number of benzene rings is 2. The number of carbonyl (C=O) groups is 2. The molecule has 0 radical (unpaired) electrons. The number of hydrogen-bond donors (Lipinski definition) is 1. The summed E-state index contributed by atoms with van der Waals surface area (Å²) in [5.41, 5.74) is 2.51. The van der Waals surface area contributed by atoms with Crippen LogP contribution in [0.25, 0.3) is 0 Å². The minimum atomic E-state index is -0.353. The highest BCUT2D eigenvalue weighted by molar-refractivity contribution is 5.96. The first-order chi connectivity index (χ1) is 14.8. The van der Waals surface area contributed by atoms with Crippen LogP contribution < -0.4 is 14.8 Å². The van der Waals surface area contributed by atoms with Crippen molar-refractivity contribution in [3.05, 3.63) is 59.2 Å². The molecule has 0 unspecified atom stereocenters. The first-order valence-corrected chi connectivity index (χ1v) is 10.7. The van der Waals surface area contributed by atoms with Gasteiger partial charge in [-0.3, -0.25) is 9.59 Å². The van der Waals surface area contributed by atoms with Crippen molar-refractivity contribution >= 4 is 11.8 Å². The molecular formula is C25H32N2O4. The van der Waals surface area contributed by atoms with Gasteiger partial charge in [-0.05, 0) is 30.5 Å². The average molecular weight is 425 g/mol. The van der Waals surface area contributed by atoms with Crippen LogP contribution in [0.4, 0.5) is 0 Å². The molecule has 31 heavy (non-hydrogen) atoms. The maximum atomic E-state index is 13.3. The Kier molecular flexibility index (Phi) is 7.21. The van der Waals surface area contributed by atoms with E-state index in [1.807, 2.05) is 49.4 Å². The van der Waals surface area contributed by atoms with Gasteiger partial charge in [-0.25, -0.2) is 0 Å². The molecule has 2 atom stereocenters. The lowest BCUT2D eigenvalue weighted by Crippen LogP contribution is -2.37. The minimum Gasteiger partial charge on any atom is -0.497 e. The summed E-state index contributed by atoms with van der Waals surface area (Å²) in [6.45, 7) is 7.49. The second kappa shape index (κ2) is 9.86. The lowest BCUT2D eigenvalue weighted by atomic mass is 9.87. The maximum Gasteiger partial charge on any atom is 0.254 e. The Balaban J connectivity index is 1.93. The van der Waals surface area contributed by atoms with Crippen LogP contribution in [0.15, 0.2) is 42.5 Å². The predicted molar refractivity (Wildman–Crippen MR) is 121 cm³/mol. The van der Waals surface area contributed by atoms with Crippen LogP contribution in [0.1, 0.15) is 41.3 Å². The number of nitrogens with zero attached hydrogens (tertiary/aromatic N) is 1. The van der Waals surface area contributed by atoms with Crippen molar-refractivity contribution in [1.82, 2.24) is 10.2 Å². The lowest BCUT2D eigenvalue weighted by molar-refractivity contribution is -0.125. The van der Waals surface area contributed by atoms with Crippen molar-refractivity contribution in [2.45, 2.75) is 26.7 Å². The molecule has 0 aliphatic carbocycles. The Morgan fingerprint density at radius 3 is 2.48 bits per heavy atom. The standard InChI is InChI=1S/C25H32N2O4/c1-16(2)13-26-24(28)22-15-27(25(29)19-9-7-6-8-17(19)3)14-21(22)20-11-10-18(30-4)12-23(20)31-5/h6-12,16,21-22H,13-15H2,1-5H3,(H,26,28)/t21-,22+/m1/s1. The van der Waals surface area contributed by atoms with Crippen LogP contribution in [-0.2, 0) is 4.79 Å². The van der Waals surface area contributed by atoms with Gasteiger partial charge in [0.25, 0.3) is 5.91 Å². The maximum absolute atomic E-state index is 13.3. The van der Waals surface area contributed by atoms with E-state index in [1.165, 1.54) is 0 Å². The zero-order chi connectivity index (χ0) is 22.5. The first kappa shape index (κ1) is 22.7. The Bertz CT molecular complexity index is 941. The summed E-state index contributed by atoms with van der Waals surface area (Å²) in [6.07, 6.45) is 0. The minimum absolute atomic E-state index is 0.0309. The third kappa shape index (κ3) is 5.01. The van der Waals surface area contributed by atoms with Crippen LogP contribution in [0.3, 0.4) is 0 Å². The molecule has 0 saturated carbocycles. The van der Waals surface area contributed by atoms with Gasteiger partial charge in [-0.2, -0.15) is 0 Å². The van der Waals surface area contributed by atoms with Gasteiger partial charge in [0, 0.05) is 42.7 Å². The monoisotopic (exact) mass is 424 g/mol. The number of ether oxygens (including phenoxy) is 2. The number of carbonyl (C=O) groups excluding carboxylic acids is 2. The Hall–Kier alpha value is -3.02. The number of aryl methyl sites for hydroxylation is 1. The molecule has 1 saturated heterocycles. The Labute approximate surface area is 184 Å². The summed E-state index contributed by atoms with van der Waals surface area (Å²) < 4.78 is 10.9. The Morgan fingerprint density at radius 1 is 1.10 bits per heavy atom. The molecule has 1 aliphatic heterocycles. The van der Waals surface area contributed by atoms with Crippen LogP contribution in [-0.4, -0.2) is 50.6 Å². The molecule has 2 amide bonds. The van der Waals surface area contributed by atoms with Crippen molar-refractivity contribution < 1.29 is 19.1 Å². The average Bonchev–Trinajstić information content (AvgIpc) is 3.22. The number of amides is 2. The van der Waals surface area contributed by atoms with E-state index in [0.717, 1.165) is 11.1 Å². The number of methoxy groups -OCH3 is 2. The number of rotatable bonds is 7. The smallest absolute Gasteiger partial charge is 0.254 e. The van der Waals surface area contributed by atoms with Crippen LogP contribution in [0.2, 0.25) is 0 Å². The summed E-state index contributed by atoms with van der Waals surface area (Å²) in [5, 5.41) is 3.05. The van der Waals surface area contributed by atoms with E-state index in [9.17, 15) is 9.59 Å². The fourth-order valence-electron chi connectivity index (χ4n) is 4.09.